The minimum Gasteiger partial charge on any atom is -0.459 e. The molecule has 2 heterocycles. The summed E-state index contributed by atoms with van der Waals surface area (Å²) in [6.45, 7) is 3.60. The van der Waals surface area contributed by atoms with Crippen molar-refractivity contribution in [2.45, 2.75) is 12.4 Å². The van der Waals surface area contributed by atoms with Gasteiger partial charge in [-0.1, -0.05) is 6.58 Å². The van der Waals surface area contributed by atoms with Crippen LogP contribution < -0.4 is 0 Å². The average Bonchev–Trinajstić information content (AvgIpc) is 2.31. The van der Waals surface area contributed by atoms with Gasteiger partial charge in [-0.05, 0) is 12.2 Å². The number of hydrogen-bond donors (Lipinski definition) is 1. The Bertz CT molecular complexity index is 252. The molecule has 2 aliphatic rings. The fraction of sp³-hybridized carbons (Fsp3) is 0.250. The van der Waals surface area contributed by atoms with E-state index >= 15 is 0 Å². The van der Waals surface area contributed by atoms with E-state index in [-0.39, 0.29) is 0 Å². The number of hydrogen-bond acceptors (Lipinski definition) is 3. The van der Waals surface area contributed by atoms with Gasteiger partial charge in [0.2, 0.25) is 0 Å². The Morgan fingerprint density at radius 1 is 1.55 bits per heavy atom. The van der Waals surface area contributed by atoms with Gasteiger partial charge in [0.25, 0.3) is 6.29 Å². The van der Waals surface area contributed by atoms with E-state index in [1.165, 1.54) is 6.26 Å². The molecule has 58 valence electrons. The summed E-state index contributed by atoms with van der Waals surface area (Å²) in [7, 11) is 0. The van der Waals surface area contributed by atoms with Crippen molar-refractivity contribution in [1.82, 2.24) is 0 Å². The van der Waals surface area contributed by atoms with Gasteiger partial charge in [-0.2, -0.15) is 0 Å². The van der Waals surface area contributed by atoms with Gasteiger partial charge in [0.1, 0.15) is 11.9 Å². The summed E-state index contributed by atoms with van der Waals surface area (Å²) in [6.07, 6.45) is 3.64. The van der Waals surface area contributed by atoms with Crippen LogP contribution in [0.3, 0.4) is 0 Å². The van der Waals surface area contributed by atoms with Gasteiger partial charge >= 0.3 is 0 Å². The molecule has 0 aliphatic carbocycles. The van der Waals surface area contributed by atoms with Crippen LogP contribution in [-0.4, -0.2) is 17.5 Å². The molecular weight excluding hydrogens is 144 g/mol. The summed E-state index contributed by atoms with van der Waals surface area (Å²) >= 11 is 0. The Morgan fingerprint density at radius 2 is 2.36 bits per heavy atom. The lowest BCUT2D eigenvalue weighted by Gasteiger charge is -2.20. The molecule has 11 heavy (non-hydrogen) atoms. The molecule has 0 aromatic carbocycles. The molecule has 0 spiro atoms. The van der Waals surface area contributed by atoms with Crippen LogP contribution in [0.25, 0.3) is 0 Å². The summed E-state index contributed by atoms with van der Waals surface area (Å²) in [5.41, 5.74) is 0.720. The van der Waals surface area contributed by atoms with Crippen molar-refractivity contribution in [3.8, 4) is 0 Å². The second-order valence-corrected chi connectivity index (χ2v) is 2.47. The summed E-state index contributed by atoms with van der Waals surface area (Å²) in [4.78, 5) is 0. The number of rotatable bonds is 0. The average molecular weight is 152 g/mol. The molecule has 2 atom stereocenters. The van der Waals surface area contributed by atoms with Crippen LogP contribution in [0.15, 0.2) is 36.3 Å². The van der Waals surface area contributed by atoms with Gasteiger partial charge in [-0.25, -0.2) is 0 Å². The van der Waals surface area contributed by atoms with Gasteiger partial charge in [-0.3, -0.25) is 0 Å². The maximum Gasteiger partial charge on any atom is 0.265 e. The van der Waals surface area contributed by atoms with Gasteiger partial charge in [0.05, 0.1) is 6.26 Å². The normalized spacial score (nSPS) is 33.9. The highest BCUT2D eigenvalue weighted by Crippen LogP contribution is 2.28. The van der Waals surface area contributed by atoms with Gasteiger partial charge in [0.15, 0.2) is 0 Å². The third-order valence-electron chi connectivity index (χ3n) is 1.66. The molecule has 0 aromatic heterocycles. The zero-order valence-corrected chi connectivity index (χ0v) is 5.86. The molecule has 2 unspecified atom stereocenters. The Labute approximate surface area is 64.2 Å². The van der Waals surface area contributed by atoms with Gasteiger partial charge in [-0.15, -0.1) is 0 Å². The molecular formula is C8H8O3. The van der Waals surface area contributed by atoms with E-state index in [9.17, 15) is 5.11 Å². The third-order valence-corrected chi connectivity index (χ3v) is 1.66. The fourth-order valence-corrected chi connectivity index (χ4v) is 1.13. The number of aliphatic hydroxyl groups is 1. The molecule has 0 saturated carbocycles. The van der Waals surface area contributed by atoms with Crippen molar-refractivity contribution in [2.24, 2.45) is 0 Å². The van der Waals surface area contributed by atoms with Crippen molar-refractivity contribution in [3.63, 3.8) is 0 Å². The highest BCUT2D eigenvalue weighted by Gasteiger charge is 2.30. The van der Waals surface area contributed by atoms with Crippen LogP contribution in [-0.2, 0) is 9.47 Å². The van der Waals surface area contributed by atoms with Crippen LogP contribution in [0.4, 0.5) is 0 Å². The second-order valence-electron chi connectivity index (χ2n) is 2.47. The topological polar surface area (TPSA) is 38.7 Å². The third kappa shape index (κ3) is 0.935. The molecule has 2 rings (SSSR count). The Kier molecular flexibility index (Phi) is 1.26. The lowest BCUT2D eigenvalue weighted by atomic mass is 10.1. The van der Waals surface area contributed by atoms with E-state index in [2.05, 4.69) is 6.58 Å². The molecule has 0 saturated heterocycles. The van der Waals surface area contributed by atoms with Crippen molar-refractivity contribution in [1.29, 1.82) is 0 Å². The van der Waals surface area contributed by atoms with Crippen LogP contribution in [0.2, 0.25) is 0 Å². The molecule has 2 aliphatic heterocycles. The maximum atomic E-state index is 9.34. The molecule has 0 amide bonds. The summed E-state index contributed by atoms with van der Waals surface area (Å²) in [5, 5.41) is 9.34. The maximum absolute atomic E-state index is 9.34. The van der Waals surface area contributed by atoms with Crippen molar-refractivity contribution < 1.29 is 14.6 Å². The SMILES string of the molecule is C=C1C=C2C(O)C=COC2O1. The van der Waals surface area contributed by atoms with Crippen molar-refractivity contribution in [2.75, 3.05) is 0 Å². The lowest BCUT2D eigenvalue weighted by Crippen LogP contribution is -2.23. The van der Waals surface area contributed by atoms with Crippen LogP contribution in [0.5, 0.6) is 0 Å². The largest absolute Gasteiger partial charge is 0.459 e. The Hall–Kier alpha value is -1.22. The first-order valence-electron chi connectivity index (χ1n) is 3.34. The zero-order chi connectivity index (χ0) is 7.84. The summed E-state index contributed by atoms with van der Waals surface area (Å²) in [6, 6.07) is 0. The quantitative estimate of drug-likeness (QED) is 0.555. The van der Waals surface area contributed by atoms with Gasteiger partial charge < -0.3 is 14.6 Å². The molecule has 3 heteroatoms. The first-order valence-corrected chi connectivity index (χ1v) is 3.34. The van der Waals surface area contributed by atoms with Crippen LogP contribution >= 0.6 is 0 Å². The molecule has 0 aromatic rings. The second kappa shape index (κ2) is 2.13. The van der Waals surface area contributed by atoms with Crippen molar-refractivity contribution >= 4 is 0 Å². The van der Waals surface area contributed by atoms with Crippen molar-refractivity contribution in [3.05, 3.63) is 36.3 Å². The lowest BCUT2D eigenvalue weighted by molar-refractivity contribution is -0.0467. The van der Waals surface area contributed by atoms with Crippen LogP contribution in [0.1, 0.15) is 0 Å². The number of fused-ring (bicyclic) bond motifs is 1. The number of ether oxygens (including phenoxy) is 2. The van der Waals surface area contributed by atoms with E-state index in [4.69, 9.17) is 9.47 Å². The minimum atomic E-state index is -0.590. The first-order chi connectivity index (χ1) is 5.27. The highest BCUT2D eigenvalue weighted by atomic mass is 16.7. The number of allylic oxidation sites excluding steroid dienone is 1. The molecule has 3 nitrogen and oxygen atoms in total. The fourth-order valence-electron chi connectivity index (χ4n) is 1.13. The molecule has 1 N–H and O–H groups in total. The summed E-state index contributed by atoms with van der Waals surface area (Å²) in [5.74, 6) is 0.535. The predicted octanol–water partition coefficient (Wildman–Crippen LogP) is 0.688. The predicted molar refractivity (Wildman–Crippen MR) is 38.3 cm³/mol. The van der Waals surface area contributed by atoms with E-state index in [0.717, 1.165) is 5.57 Å². The zero-order valence-electron chi connectivity index (χ0n) is 5.86. The van der Waals surface area contributed by atoms with Crippen LogP contribution in [0, 0.1) is 0 Å². The minimum absolute atomic E-state index is 0.456. The Morgan fingerprint density at radius 3 is 3.09 bits per heavy atom. The smallest absolute Gasteiger partial charge is 0.265 e. The molecule has 0 fully saturated rings. The molecule has 0 radical (unpaired) electrons. The van der Waals surface area contributed by atoms with E-state index in [1.54, 1.807) is 12.2 Å². The standard InChI is InChI=1S/C8H8O3/c1-5-4-6-7(9)2-3-10-8(6)11-5/h2-4,7-9H,1H2. The monoisotopic (exact) mass is 152 g/mol. The van der Waals surface area contributed by atoms with E-state index in [0.29, 0.717) is 5.76 Å². The highest BCUT2D eigenvalue weighted by molar-refractivity contribution is 5.31. The Balaban J connectivity index is 2.31. The first kappa shape index (κ1) is 6.49. The number of aliphatic hydroxyl groups excluding tert-OH is 1. The van der Waals surface area contributed by atoms with E-state index in [1.807, 2.05) is 0 Å². The van der Waals surface area contributed by atoms with E-state index < -0.39 is 12.4 Å². The summed E-state index contributed by atoms with van der Waals surface area (Å²) < 4.78 is 10.2. The van der Waals surface area contributed by atoms with Gasteiger partial charge in [0, 0.05) is 5.57 Å². The molecule has 0 bridgehead atoms.